The topological polar surface area (TPSA) is 88.4 Å². The highest BCUT2D eigenvalue weighted by molar-refractivity contribution is 7.15. The number of thiazole rings is 1. The predicted octanol–water partition coefficient (Wildman–Crippen LogP) is 3.86. The maximum Gasteiger partial charge on any atom is 0.313 e. The Morgan fingerprint density at radius 2 is 2.00 bits per heavy atom. The number of carbonyl (C=O) groups is 2. The van der Waals surface area contributed by atoms with Crippen molar-refractivity contribution in [2.75, 3.05) is 11.9 Å². The third-order valence-electron chi connectivity index (χ3n) is 4.62. The van der Waals surface area contributed by atoms with E-state index in [0.717, 1.165) is 5.69 Å². The number of hydrogen-bond donors (Lipinski definition) is 2. The number of carbonyl (C=O) groups excluding carboxylic acids is 2. The molecule has 2 aromatic heterocycles. The van der Waals surface area contributed by atoms with Crippen molar-refractivity contribution in [2.45, 2.75) is 13.3 Å². The van der Waals surface area contributed by atoms with Crippen LogP contribution >= 0.6 is 22.9 Å². The van der Waals surface area contributed by atoms with Gasteiger partial charge < -0.3 is 10.6 Å². The van der Waals surface area contributed by atoms with Crippen LogP contribution in [0.4, 0.5) is 10.1 Å². The van der Waals surface area contributed by atoms with Gasteiger partial charge in [-0.15, -0.1) is 16.4 Å². The molecule has 0 fully saturated rings. The van der Waals surface area contributed by atoms with E-state index in [4.69, 9.17) is 11.6 Å². The van der Waals surface area contributed by atoms with Crippen molar-refractivity contribution >= 4 is 45.4 Å². The molecule has 31 heavy (non-hydrogen) atoms. The van der Waals surface area contributed by atoms with Crippen LogP contribution in [-0.2, 0) is 16.0 Å². The highest BCUT2D eigenvalue weighted by atomic mass is 35.5. The van der Waals surface area contributed by atoms with E-state index in [9.17, 15) is 14.0 Å². The van der Waals surface area contributed by atoms with Gasteiger partial charge in [0.1, 0.15) is 5.82 Å². The fraction of sp³-hybridized carbons (Fsp3) is 0.143. The van der Waals surface area contributed by atoms with E-state index < -0.39 is 11.8 Å². The van der Waals surface area contributed by atoms with Gasteiger partial charge in [0, 0.05) is 34.6 Å². The fourth-order valence-corrected chi connectivity index (χ4v) is 3.98. The SMILES string of the molecule is Cc1c(Cl)cccc1NC(=O)C(=O)NCCc1csc2nc(-c3cccc(F)c3)nn12. The van der Waals surface area contributed by atoms with E-state index in [0.29, 0.717) is 39.0 Å². The first-order chi connectivity index (χ1) is 14.9. The Morgan fingerprint density at radius 3 is 2.81 bits per heavy atom. The number of hydrogen-bond acceptors (Lipinski definition) is 5. The molecule has 7 nitrogen and oxygen atoms in total. The lowest BCUT2D eigenvalue weighted by atomic mass is 10.2. The largest absolute Gasteiger partial charge is 0.347 e. The standard InChI is InChI=1S/C21H17ClFN5O2S/c1-12-16(22)6-3-7-17(12)25-20(30)19(29)24-9-8-15-11-31-21-26-18(27-28(15)21)13-4-2-5-14(23)10-13/h2-7,10-11H,8-9H2,1H3,(H,24,29)(H,25,30). The summed E-state index contributed by atoms with van der Waals surface area (Å²) in [5, 5.41) is 12.0. The molecule has 4 aromatic rings. The second kappa shape index (κ2) is 8.83. The van der Waals surface area contributed by atoms with Crippen LogP contribution in [0.2, 0.25) is 5.02 Å². The molecule has 0 aliphatic heterocycles. The molecule has 0 aliphatic carbocycles. The Kier molecular flexibility index (Phi) is 5.97. The Morgan fingerprint density at radius 1 is 1.19 bits per heavy atom. The Hall–Kier alpha value is -3.30. The summed E-state index contributed by atoms with van der Waals surface area (Å²) in [4.78, 5) is 29.4. The van der Waals surface area contributed by atoms with Gasteiger partial charge in [0.25, 0.3) is 0 Å². The summed E-state index contributed by atoms with van der Waals surface area (Å²) in [5.74, 6) is -1.45. The van der Waals surface area contributed by atoms with Gasteiger partial charge in [-0.05, 0) is 36.8 Å². The molecular formula is C21H17ClFN5O2S. The van der Waals surface area contributed by atoms with Gasteiger partial charge in [-0.1, -0.05) is 29.8 Å². The van der Waals surface area contributed by atoms with Crippen LogP contribution in [0.25, 0.3) is 16.3 Å². The van der Waals surface area contributed by atoms with E-state index in [1.165, 1.54) is 23.5 Å². The maximum absolute atomic E-state index is 13.5. The molecule has 0 radical (unpaired) electrons. The van der Waals surface area contributed by atoms with Crippen molar-refractivity contribution in [2.24, 2.45) is 0 Å². The lowest BCUT2D eigenvalue weighted by Gasteiger charge is -2.09. The zero-order valence-electron chi connectivity index (χ0n) is 16.4. The van der Waals surface area contributed by atoms with Crippen LogP contribution in [0.1, 0.15) is 11.3 Å². The number of halogens is 2. The van der Waals surface area contributed by atoms with Crippen molar-refractivity contribution in [3.8, 4) is 11.4 Å². The minimum atomic E-state index is -0.769. The smallest absolute Gasteiger partial charge is 0.313 e. The van der Waals surface area contributed by atoms with E-state index in [1.807, 2.05) is 5.38 Å². The molecular weight excluding hydrogens is 441 g/mol. The molecule has 0 unspecified atom stereocenters. The number of fused-ring (bicyclic) bond motifs is 1. The molecule has 158 valence electrons. The number of anilines is 1. The van der Waals surface area contributed by atoms with Gasteiger partial charge in [0.05, 0.1) is 5.69 Å². The first-order valence-electron chi connectivity index (χ1n) is 9.36. The Balaban J connectivity index is 1.37. The van der Waals surface area contributed by atoms with Gasteiger partial charge in [0.15, 0.2) is 5.82 Å². The highest BCUT2D eigenvalue weighted by Gasteiger charge is 2.16. The molecule has 0 saturated carbocycles. The normalized spacial score (nSPS) is 10.9. The molecule has 0 bridgehead atoms. The molecule has 2 amide bonds. The summed E-state index contributed by atoms with van der Waals surface area (Å²) < 4.78 is 15.1. The summed E-state index contributed by atoms with van der Waals surface area (Å²) in [5.41, 5.74) is 2.58. The molecule has 2 heterocycles. The number of nitrogens with zero attached hydrogens (tertiary/aromatic N) is 3. The Labute approximate surface area is 185 Å². The number of amides is 2. The summed E-state index contributed by atoms with van der Waals surface area (Å²) in [6.45, 7) is 2.00. The zero-order chi connectivity index (χ0) is 22.0. The minimum Gasteiger partial charge on any atom is -0.347 e. The molecule has 0 aliphatic rings. The second-order valence-electron chi connectivity index (χ2n) is 6.74. The molecule has 0 saturated heterocycles. The zero-order valence-corrected chi connectivity index (χ0v) is 17.9. The summed E-state index contributed by atoms with van der Waals surface area (Å²) >= 11 is 7.43. The van der Waals surface area contributed by atoms with Crippen molar-refractivity contribution in [1.82, 2.24) is 19.9 Å². The van der Waals surface area contributed by atoms with Gasteiger partial charge in [-0.2, -0.15) is 4.98 Å². The van der Waals surface area contributed by atoms with Crippen LogP contribution in [0.5, 0.6) is 0 Å². The average Bonchev–Trinajstić information content (AvgIpc) is 3.33. The second-order valence-corrected chi connectivity index (χ2v) is 7.98. The summed E-state index contributed by atoms with van der Waals surface area (Å²) in [6.07, 6.45) is 0.446. The van der Waals surface area contributed by atoms with Gasteiger partial charge in [-0.3, -0.25) is 9.59 Å². The third-order valence-corrected chi connectivity index (χ3v) is 5.90. The summed E-state index contributed by atoms with van der Waals surface area (Å²) in [7, 11) is 0. The number of aromatic nitrogens is 3. The van der Waals surface area contributed by atoms with Crippen LogP contribution in [0, 0.1) is 12.7 Å². The average molecular weight is 458 g/mol. The van der Waals surface area contributed by atoms with Crippen LogP contribution in [0.15, 0.2) is 47.8 Å². The lowest BCUT2D eigenvalue weighted by Crippen LogP contribution is -2.36. The molecule has 0 atom stereocenters. The van der Waals surface area contributed by atoms with Crippen molar-refractivity contribution in [3.05, 3.63) is 69.9 Å². The molecule has 2 N–H and O–H groups in total. The molecule has 2 aromatic carbocycles. The third kappa shape index (κ3) is 4.57. The fourth-order valence-electron chi connectivity index (χ4n) is 2.95. The van der Waals surface area contributed by atoms with E-state index >= 15 is 0 Å². The molecule has 4 rings (SSSR count). The molecule has 10 heteroatoms. The van der Waals surface area contributed by atoms with Gasteiger partial charge >= 0.3 is 11.8 Å². The number of benzene rings is 2. The maximum atomic E-state index is 13.5. The van der Waals surface area contributed by atoms with E-state index in [1.54, 1.807) is 41.8 Å². The van der Waals surface area contributed by atoms with Crippen molar-refractivity contribution < 1.29 is 14.0 Å². The molecule has 0 spiro atoms. The lowest BCUT2D eigenvalue weighted by molar-refractivity contribution is -0.136. The van der Waals surface area contributed by atoms with E-state index in [-0.39, 0.29) is 12.4 Å². The minimum absolute atomic E-state index is 0.238. The van der Waals surface area contributed by atoms with Gasteiger partial charge in [-0.25, -0.2) is 8.91 Å². The van der Waals surface area contributed by atoms with Crippen LogP contribution in [0.3, 0.4) is 0 Å². The quantitative estimate of drug-likeness (QED) is 0.445. The highest BCUT2D eigenvalue weighted by Crippen LogP contribution is 2.23. The van der Waals surface area contributed by atoms with Crippen LogP contribution < -0.4 is 10.6 Å². The number of rotatable bonds is 5. The number of nitrogens with one attached hydrogen (secondary N) is 2. The summed E-state index contributed by atoms with van der Waals surface area (Å²) in [6, 6.07) is 11.2. The van der Waals surface area contributed by atoms with Crippen molar-refractivity contribution in [1.29, 1.82) is 0 Å². The van der Waals surface area contributed by atoms with Gasteiger partial charge in [0.2, 0.25) is 4.96 Å². The Bertz CT molecular complexity index is 1290. The monoisotopic (exact) mass is 457 g/mol. The van der Waals surface area contributed by atoms with E-state index in [2.05, 4.69) is 20.7 Å². The first-order valence-corrected chi connectivity index (χ1v) is 10.6. The van der Waals surface area contributed by atoms with Crippen molar-refractivity contribution in [3.63, 3.8) is 0 Å². The first kappa shape index (κ1) is 21.0. The van der Waals surface area contributed by atoms with Crippen LogP contribution in [-0.4, -0.2) is 33.0 Å². The predicted molar refractivity (Wildman–Crippen MR) is 118 cm³/mol.